The molecule has 0 fully saturated rings. The van der Waals surface area contributed by atoms with E-state index in [0.717, 1.165) is 25.0 Å². The number of hydrogen-bond donors (Lipinski definition) is 1. The third-order valence-electron chi connectivity index (χ3n) is 4.90. The van der Waals surface area contributed by atoms with Gasteiger partial charge in [0.15, 0.2) is 0 Å². The molecule has 0 saturated carbocycles. The number of nitrogens with zero attached hydrogens (tertiary/aromatic N) is 1. The van der Waals surface area contributed by atoms with Gasteiger partial charge < -0.3 is 5.32 Å². The van der Waals surface area contributed by atoms with Gasteiger partial charge in [-0.2, -0.15) is 0 Å². The molecule has 25 heavy (non-hydrogen) atoms. The van der Waals surface area contributed by atoms with Gasteiger partial charge in [0, 0.05) is 12.1 Å². The number of aromatic nitrogens is 1. The SMILES string of the molecule is CCCCCCCCCCC(CCC)C(=O)NC(C)c1ccccn1. The number of nitrogens with one attached hydrogen (secondary N) is 1. The van der Waals surface area contributed by atoms with Crippen molar-refractivity contribution in [2.45, 2.75) is 97.4 Å². The van der Waals surface area contributed by atoms with Crippen molar-refractivity contribution < 1.29 is 4.79 Å². The Bertz CT molecular complexity index is 447. The van der Waals surface area contributed by atoms with Crippen molar-refractivity contribution in [2.24, 2.45) is 5.92 Å². The van der Waals surface area contributed by atoms with E-state index in [2.05, 4.69) is 24.1 Å². The summed E-state index contributed by atoms with van der Waals surface area (Å²) < 4.78 is 0. The average Bonchev–Trinajstić information content (AvgIpc) is 2.63. The highest BCUT2D eigenvalue weighted by Crippen LogP contribution is 2.19. The maximum absolute atomic E-state index is 12.6. The number of amides is 1. The normalized spacial score (nSPS) is 13.4. The zero-order chi connectivity index (χ0) is 18.3. The molecule has 1 aromatic rings. The van der Waals surface area contributed by atoms with Crippen LogP contribution in [0.4, 0.5) is 0 Å². The van der Waals surface area contributed by atoms with Crippen LogP contribution in [0.1, 0.15) is 103 Å². The molecule has 3 heteroatoms. The van der Waals surface area contributed by atoms with Gasteiger partial charge in [-0.25, -0.2) is 0 Å². The molecule has 3 nitrogen and oxygen atoms in total. The summed E-state index contributed by atoms with van der Waals surface area (Å²) in [6, 6.07) is 5.82. The first-order chi connectivity index (χ1) is 12.2. The van der Waals surface area contributed by atoms with E-state index in [1.54, 1.807) is 6.20 Å². The Hall–Kier alpha value is -1.38. The van der Waals surface area contributed by atoms with Crippen LogP contribution in [0, 0.1) is 5.92 Å². The number of unbranched alkanes of at least 4 members (excludes halogenated alkanes) is 7. The molecule has 0 radical (unpaired) electrons. The molecule has 0 aliphatic rings. The smallest absolute Gasteiger partial charge is 0.223 e. The maximum atomic E-state index is 12.6. The minimum atomic E-state index is -0.0216. The molecule has 1 rings (SSSR count). The van der Waals surface area contributed by atoms with Gasteiger partial charge in [0.25, 0.3) is 0 Å². The molecule has 1 heterocycles. The van der Waals surface area contributed by atoms with Gasteiger partial charge in [0.05, 0.1) is 11.7 Å². The molecule has 0 aromatic carbocycles. The van der Waals surface area contributed by atoms with Crippen molar-refractivity contribution in [3.63, 3.8) is 0 Å². The summed E-state index contributed by atoms with van der Waals surface area (Å²) in [7, 11) is 0. The van der Waals surface area contributed by atoms with Crippen LogP contribution in [0.2, 0.25) is 0 Å². The van der Waals surface area contributed by atoms with Crippen molar-refractivity contribution in [1.82, 2.24) is 10.3 Å². The van der Waals surface area contributed by atoms with Crippen LogP contribution in [0.15, 0.2) is 24.4 Å². The standard InChI is InChI=1S/C22H38N2O/c1-4-6-7-8-9-10-11-12-16-20(15-5-2)22(25)24-19(3)21-17-13-14-18-23-21/h13-14,17-20H,4-12,15-16H2,1-3H3,(H,24,25). The minimum Gasteiger partial charge on any atom is -0.348 e. The fraction of sp³-hybridized carbons (Fsp3) is 0.727. The zero-order valence-electron chi connectivity index (χ0n) is 16.6. The number of carbonyl (C=O) groups excluding carboxylic acids is 1. The Kier molecular flexibility index (Phi) is 12.0. The average molecular weight is 347 g/mol. The lowest BCUT2D eigenvalue weighted by Gasteiger charge is -2.20. The summed E-state index contributed by atoms with van der Waals surface area (Å²) in [5, 5.41) is 3.15. The van der Waals surface area contributed by atoms with Gasteiger partial charge in [-0.05, 0) is 31.9 Å². The number of carbonyl (C=O) groups is 1. The zero-order valence-corrected chi connectivity index (χ0v) is 16.6. The van der Waals surface area contributed by atoms with Crippen LogP contribution in [0.25, 0.3) is 0 Å². The van der Waals surface area contributed by atoms with E-state index < -0.39 is 0 Å². The molecule has 142 valence electrons. The highest BCUT2D eigenvalue weighted by Gasteiger charge is 2.19. The summed E-state index contributed by atoms with van der Waals surface area (Å²) >= 11 is 0. The van der Waals surface area contributed by atoms with Crippen molar-refractivity contribution in [2.75, 3.05) is 0 Å². The molecule has 0 aliphatic carbocycles. The molecule has 0 saturated heterocycles. The molecule has 2 atom stereocenters. The van der Waals surface area contributed by atoms with E-state index in [0.29, 0.717) is 0 Å². The molecule has 0 spiro atoms. The first-order valence-corrected chi connectivity index (χ1v) is 10.4. The third-order valence-corrected chi connectivity index (χ3v) is 4.90. The Labute approximate surface area is 155 Å². The summed E-state index contributed by atoms with van der Waals surface area (Å²) in [4.78, 5) is 17.0. The number of hydrogen-bond acceptors (Lipinski definition) is 2. The van der Waals surface area contributed by atoms with Gasteiger partial charge in [-0.1, -0.05) is 77.7 Å². The third kappa shape index (κ3) is 9.62. The Morgan fingerprint density at radius 3 is 2.24 bits per heavy atom. The molecule has 1 N–H and O–H groups in total. The molecule has 1 amide bonds. The van der Waals surface area contributed by atoms with Crippen molar-refractivity contribution in [1.29, 1.82) is 0 Å². The van der Waals surface area contributed by atoms with E-state index in [1.807, 2.05) is 25.1 Å². The molecule has 0 bridgehead atoms. The van der Waals surface area contributed by atoms with Crippen LogP contribution in [0.3, 0.4) is 0 Å². The van der Waals surface area contributed by atoms with Crippen LogP contribution >= 0.6 is 0 Å². The monoisotopic (exact) mass is 346 g/mol. The van der Waals surface area contributed by atoms with Gasteiger partial charge in [0.2, 0.25) is 5.91 Å². The molecule has 1 aromatic heterocycles. The predicted octanol–water partition coefficient (Wildman–Crippen LogP) is 6.21. The molecular weight excluding hydrogens is 308 g/mol. The highest BCUT2D eigenvalue weighted by atomic mass is 16.1. The fourth-order valence-corrected chi connectivity index (χ4v) is 3.32. The quantitative estimate of drug-likeness (QED) is 0.407. The molecule has 0 aliphatic heterocycles. The molecular formula is C22H38N2O. The second kappa shape index (κ2) is 13.9. The largest absolute Gasteiger partial charge is 0.348 e. The maximum Gasteiger partial charge on any atom is 0.223 e. The second-order valence-corrected chi connectivity index (χ2v) is 7.23. The molecule has 2 unspecified atom stereocenters. The number of pyridine rings is 1. The highest BCUT2D eigenvalue weighted by molar-refractivity contribution is 5.79. The van der Waals surface area contributed by atoms with Gasteiger partial charge in [-0.15, -0.1) is 0 Å². The fourth-order valence-electron chi connectivity index (χ4n) is 3.32. The first-order valence-electron chi connectivity index (χ1n) is 10.4. The summed E-state index contributed by atoms with van der Waals surface area (Å²) in [6.07, 6.45) is 15.4. The Morgan fingerprint density at radius 2 is 1.64 bits per heavy atom. The summed E-state index contributed by atoms with van der Waals surface area (Å²) in [6.45, 7) is 6.43. The van der Waals surface area contributed by atoms with E-state index >= 15 is 0 Å². The van der Waals surface area contributed by atoms with E-state index in [4.69, 9.17) is 0 Å². The van der Waals surface area contributed by atoms with Crippen molar-refractivity contribution in [3.8, 4) is 0 Å². The van der Waals surface area contributed by atoms with Crippen molar-refractivity contribution >= 4 is 5.91 Å². The van der Waals surface area contributed by atoms with Crippen LogP contribution in [-0.2, 0) is 4.79 Å². The lowest BCUT2D eigenvalue weighted by Crippen LogP contribution is -2.33. The second-order valence-electron chi connectivity index (χ2n) is 7.23. The predicted molar refractivity (Wildman–Crippen MR) is 106 cm³/mol. The summed E-state index contributed by atoms with van der Waals surface area (Å²) in [5.74, 6) is 0.346. The van der Waals surface area contributed by atoms with E-state index in [9.17, 15) is 4.79 Å². The first kappa shape index (κ1) is 21.7. The van der Waals surface area contributed by atoms with Gasteiger partial charge in [0.1, 0.15) is 0 Å². The lowest BCUT2D eigenvalue weighted by atomic mass is 9.94. The summed E-state index contributed by atoms with van der Waals surface area (Å²) in [5.41, 5.74) is 0.929. The van der Waals surface area contributed by atoms with Crippen molar-refractivity contribution in [3.05, 3.63) is 30.1 Å². The van der Waals surface area contributed by atoms with Crippen LogP contribution in [-0.4, -0.2) is 10.9 Å². The van der Waals surface area contributed by atoms with Crippen LogP contribution < -0.4 is 5.32 Å². The minimum absolute atomic E-state index is 0.0216. The van der Waals surface area contributed by atoms with Gasteiger partial charge >= 0.3 is 0 Å². The Balaban J connectivity index is 2.28. The van der Waals surface area contributed by atoms with Crippen LogP contribution in [0.5, 0.6) is 0 Å². The Morgan fingerprint density at radius 1 is 0.960 bits per heavy atom. The lowest BCUT2D eigenvalue weighted by molar-refractivity contribution is -0.126. The van der Waals surface area contributed by atoms with E-state index in [-0.39, 0.29) is 17.9 Å². The van der Waals surface area contributed by atoms with Gasteiger partial charge in [-0.3, -0.25) is 9.78 Å². The topological polar surface area (TPSA) is 42.0 Å². The number of rotatable bonds is 14. The van der Waals surface area contributed by atoms with E-state index in [1.165, 1.54) is 51.4 Å².